The molecule has 2 amide bonds. The van der Waals surface area contributed by atoms with Crippen LogP contribution in [0.5, 0.6) is 0 Å². The zero-order valence-electron chi connectivity index (χ0n) is 18.1. The third-order valence-corrected chi connectivity index (χ3v) is 8.44. The molecule has 0 radical (unpaired) electrons. The number of amides is 2. The van der Waals surface area contributed by atoms with Crippen LogP contribution >= 0.6 is 27.3 Å². The Morgan fingerprint density at radius 3 is 2.71 bits per heavy atom. The molecule has 7 nitrogen and oxygen atoms in total. The Kier molecular flexibility index (Phi) is 5.36. The van der Waals surface area contributed by atoms with E-state index in [1.807, 2.05) is 18.2 Å². The van der Waals surface area contributed by atoms with E-state index in [0.717, 1.165) is 51.2 Å². The number of quaternary nitrogens is 1. The molecule has 0 N–H and O–H groups in total. The molecule has 3 saturated heterocycles. The second-order valence-electron chi connectivity index (χ2n) is 9.86. The molecule has 3 aliphatic heterocycles. The van der Waals surface area contributed by atoms with Crippen LogP contribution in [-0.4, -0.2) is 78.1 Å². The Bertz CT molecular complexity index is 1010. The number of halogens is 1. The van der Waals surface area contributed by atoms with Gasteiger partial charge in [0, 0.05) is 25.1 Å². The zero-order chi connectivity index (χ0) is 21.9. The normalized spacial score (nSPS) is 28.6. The molecule has 0 spiro atoms. The predicted octanol–water partition coefficient (Wildman–Crippen LogP) is 3.38. The van der Waals surface area contributed by atoms with E-state index in [4.69, 9.17) is 4.52 Å². The lowest BCUT2D eigenvalue weighted by Crippen LogP contribution is -2.42. The Hall–Kier alpha value is -1.55. The number of hydrogen-bond donors (Lipinski definition) is 0. The lowest BCUT2D eigenvalue weighted by atomic mass is 9.86. The Morgan fingerprint density at radius 1 is 1.23 bits per heavy atom. The maximum atomic E-state index is 13.5. The summed E-state index contributed by atoms with van der Waals surface area (Å²) < 4.78 is 7.52. The monoisotopic (exact) mass is 507 g/mol. The van der Waals surface area contributed by atoms with Gasteiger partial charge in [-0.3, -0.25) is 19.4 Å². The van der Waals surface area contributed by atoms with Crippen LogP contribution < -0.4 is 0 Å². The van der Waals surface area contributed by atoms with Gasteiger partial charge in [-0.25, -0.2) is 0 Å². The van der Waals surface area contributed by atoms with Crippen LogP contribution in [0.15, 0.2) is 26.5 Å². The number of likely N-dealkylation sites (tertiary alicyclic amines) is 1. The van der Waals surface area contributed by atoms with Crippen LogP contribution in [0.2, 0.25) is 0 Å². The van der Waals surface area contributed by atoms with E-state index in [1.165, 1.54) is 4.90 Å². The minimum atomic E-state index is -0.352. The minimum absolute atomic E-state index is 0.0155. The Morgan fingerprint density at radius 2 is 2.00 bits per heavy atom. The highest BCUT2D eigenvalue weighted by Crippen LogP contribution is 2.53. The average molecular weight is 508 g/mol. The van der Waals surface area contributed by atoms with Gasteiger partial charge >= 0.3 is 0 Å². The van der Waals surface area contributed by atoms with Gasteiger partial charge in [0.2, 0.25) is 11.8 Å². The molecule has 166 valence electrons. The van der Waals surface area contributed by atoms with Crippen molar-refractivity contribution in [2.24, 2.45) is 11.8 Å². The largest absolute Gasteiger partial charge is 0.355 e. The Balaban J connectivity index is 1.42. The molecule has 2 aromatic rings. The fourth-order valence-electron chi connectivity index (χ4n) is 5.53. The molecule has 31 heavy (non-hydrogen) atoms. The van der Waals surface area contributed by atoms with Gasteiger partial charge in [-0.1, -0.05) is 5.16 Å². The summed E-state index contributed by atoms with van der Waals surface area (Å²) >= 11 is 5.08. The van der Waals surface area contributed by atoms with Gasteiger partial charge in [0.1, 0.15) is 5.69 Å². The standard InChI is InChI=1S/C22H28BrN4O3S/c1-27(2,3)11-5-10-26-21(28)18-14-6-4-9-25(14)20(19(18)22(26)29)13-12-15(30-24-13)16-7-8-17(23)31-16/h7-8,12,14,18-20H,4-6,9-11H2,1-3H3/q+1/t14-,18-,19-,20-/m0/s1. The van der Waals surface area contributed by atoms with E-state index in [1.54, 1.807) is 11.3 Å². The van der Waals surface area contributed by atoms with Gasteiger partial charge in [-0.05, 0) is 47.4 Å². The van der Waals surface area contributed by atoms with Crippen molar-refractivity contribution in [3.63, 3.8) is 0 Å². The molecule has 5 rings (SSSR count). The summed E-state index contributed by atoms with van der Waals surface area (Å²) in [7, 11) is 6.38. The molecule has 9 heteroatoms. The number of thiophene rings is 1. The first-order chi connectivity index (χ1) is 14.7. The summed E-state index contributed by atoms with van der Waals surface area (Å²) in [5.74, 6) is 0.0949. The van der Waals surface area contributed by atoms with E-state index < -0.39 is 0 Å². The van der Waals surface area contributed by atoms with Gasteiger partial charge < -0.3 is 9.01 Å². The summed E-state index contributed by atoms with van der Waals surface area (Å²) in [5.41, 5.74) is 0.772. The molecule has 3 fully saturated rings. The van der Waals surface area contributed by atoms with Gasteiger partial charge in [-0.2, -0.15) is 0 Å². The minimum Gasteiger partial charge on any atom is -0.355 e. The fourth-order valence-corrected chi connectivity index (χ4v) is 6.87. The van der Waals surface area contributed by atoms with Crippen LogP contribution in [0.25, 0.3) is 10.6 Å². The third kappa shape index (κ3) is 3.69. The number of nitrogens with zero attached hydrogens (tertiary/aromatic N) is 4. The van der Waals surface area contributed by atoms with Crippen molar-refractivity contribution in [2.75, 3.05) is 40.8 Å². The maximum absolute atomic E-state index is 13.5. The number of fused-ring (bicyclic) bond motifs is 3. The SMILES string of the molecule is C[N+](C)(C)CCCN1C(=O)[C@@H]2[C@H](C1=O)[C@H](c1cc(-c3ccc(Br)s3)on1)N1CCC[C@@H]21. The second kappa shape index (κ2) is 7.79. The highest BCUT2D eigenvalue weighted by Gasteiger charge is 2.63. The molecular weight excluding hydrogens is 480 g/mol. The molecule has 4 atom stereocenters. The first-order valence-electron chi connectivity index (χ1n) is 10.9. The van der Waals surface area contributed by atoms with Crippen molar-refractivity contribution in [1.29, 1.82) is 0 Å². The van der Waals surface area contributed by atoms with E-state index in [9.17, 15) is 9.59 Å². The molecule has 0 aliphatic carbocycles. The first-order valence-corrected chi connectivity index (χ1v) is 12.5. The van der Waals surface area contributed by atoms with E-state index >= 15 is 0 Å². The number of hydrogen-bond acceptors (Lipinski definition) is 6. The highest BCUT2D eigenvalue weighted by atomic mass is 79.9. The number of aromatic nitrogens is 1. The van der Waals surface area contributed by atoms with Gasteiger partial charge in [0.15, 0.2) is 5.76 Å². The lowest BCUT2D eigenvalue weighted by Gasteiger charge is -2.28. The van der Waals surface area contributed by atoms with Crippen LogP contribution in [-0.2, 0) is 9.59 Å². The summed E-state index contributed by atoms with van der Waals surface area (Å²) in [6.07, 6.45) is 2.84. The van der Waals surface area contributed by atoms with Gasteiger partial charge in [0.05, 0.1) is 54.2 Å². The van der Waals surface area contributed by atoms with Crippen LogP contribution in [0, 0.1) is 11.8 Å². The number of carbonyl (C=O) groups is 2. The predicted molar refractivity (Wildman–Crippen MR) is 121 cm³/mol. The molecule has 2 aromatic heterocycles. The third-order valence-electron chi connectivity index (χ3n) is 6.80. The van der Waals surface area contributed by atoms with Crippen molar-refractivity contribution < 1.29 is 18.6 Å². The average Bonchev–Trinajstić information content (AvgIpc) is 3.47. The van der Waals surface area contributed by atoms with E-state index in [2.05, 4.69) is 47.1 Å². The topological polar surface area (TPSA) is 66.7 Å². The van der Waals surface area contributed by atoms with Crippen molar-refractivity contribution in [2.45, 2.75) is 31.3 Å². The quantitative estimate of drug-likeness (QED) is 0.442. The van der Waals surface area contributed by atoms with Gasteiger partial charge in [0.25, 0.3) is 0 Å². The van der Waals surface area contributed by atoms with Crippen molar-refractivity contribution in [3.05, 3.63) is 27.7 Å². The molecule has 5 heterocycles. The number of carbonyl (C=O) groups excluding carboxylic acids is 2. The molecular formula is C22H28BrN4O3S+. The molecule has 0 saturated carbocycles. The second-order valence-corrected chi connectivity index (χ2v) is 12.3. The molecule has 3 aliphatic rings. The van der Waals surface area contributed by atoms with Crippen molar-refractivity contribution in [3.8, 4) is 10.6 Å². The zero-order valence-corrected chi connectivity index (χ0v) is 20.5. The highest BCUT2D eigenvalue weighted by molar-refractivity contribution is 9.11. The van der Waals surface area contributed by atoms with Gasteiger partial charge in [-0.15, -0.1) is 11.3 Å². The van der Waals surface area contributed by atoms with Crippen LogP contribution in [0.4, 0.5) is 0 Å². The van der Waals surface area contributed by atoms with Crippen LogP contribution in [0.1, 0.15) is 31.0 Å². The maximum Gasteiger partial charge on any atom is 0.235 e. The number of imide groups is 1. The first kappa shape index (κ1) is 21.3. The summed E-state index contributed by atoms with van der Waals surface area (Å²) in [6.45, 7) is 2.33. The smallest absolute Gasteiger partial charge is 0.235 e. The molecule has 0 bridgehead atoms. The lowest BCUT2D eigenvalue weighted by molar-refractivity contribution is -0.870. The van der Waals surface area contributed by atoms with E-state index in [-0.39, 0.29) is 35.7 Å². The summed E-state index contributed by atoms with van der Waals surface area (Å²) in [5, 5.41) is 4.37. The molecule has 0 unspecified atom stereocenters. The number of rotatable bonds is 6. The molecule has 0 aromatic carbocycles. The van der Waals surface area contributed by atoms with E-state index in [0.29, 0.717) is 12.3 Å². The fraction of sp³-hybridized carbons (Fsp3) is 0.591. The van der Waals surface area contributed by atoms with Crippen LogP contribution in [0.3, 0.4) is 0 Å². The van der Waals surface area contributed by atoms with Crippen molar-refractivity contribution >= 4 is 39.1 Å². The summed E-state index contributed by atoms with van der Waals surface area (Å²) in [6, 6.07) is 5.88. The summed E-state index contributed by atoms with van der Waals surface area (Å²) in [4.78, 5) is 31.6. The van der Waals surface area contributed by atoms with Crippen molar-refractivity contribution in [1.82, 2.24) is 15.0 Å². The Labute approximate surface area is 194 Å².